The number of hydrogen-bond donors (Lipinski definition) is 9. The normalized spacial score (nSPS) is 29.7. The topological polar surface area (TPSA) is 347 Å². The van der Waals surface area contributed by atoms with Gasteiger partial charge in [-0.2, -0.15) is 0 Å². The molecule has 33 heteroatoms. The molecule has 10 unspecified atom stereocenters. The number of ether oxygens (including phenoxy) is 16. The van der Waals surface area contributed by atoms with E-state index in [-0.39, 0.29) is 68.4 Å². The molecule has 8 aliphatic rings. The molecule has 6 saturated heterocycles. The van der Waals surface area contributed by atoms with Crippen molar-refractivity contribution in [1.29, 1.82) is 0 Å². The van der Waals surface area contributed by atoms with Gasteiger partial charge in [-0.1, -0.05) is 156 Å². The molecule has 13 rings (SSSR count). The van der Waals surface area contributed by atoms with Gasteiger partial charge in [-0.25, -0.2) is 0 Å². The van der Waals surface area contributed by atoms with E-state index >= 15 is 0 Å². The molecular weight excluding hydrogens is 1640 g/mol. The molecule has 116 heavy (non-hydrogen) atoms. The van der Waals surface area contributed by atoms with E-state index in [9.17, 15) is 30.3 Å². The van der Waals surface area contributed by atoms with E-state index in [4.69, 9.17) is 119 Å². The van der Waals surface area contributed by atoms with E-state index in [1.54, 1.807) is 42.3 Å². The molecule has 26 nitrogen and oxygen atoms in total. The molecule has 8 aliphatic heterocycles. The molecule has 0 amide bonds. The smallest absolute Gasteiger partial charge is 0.231 e. The molecule has 22 atom stereocenters. The summed E-state index contributed by atoms with van der Waals surface area (Å²) in [6.07, 6.45) is 1.50. The SMILES string of the molecule is CCC1O[C@@H](SC)C(C)[C@@H](C)[C@H]1C.CS[C@@H]1OC(CO)[C@H](O)[C@H](O)C1O.CS[C@@H]1OC2COC(c3ccccc3)O[C@@H]2[C@H](C)C1C.CS[C@@H]1OC2COC(c3ccccc3)O[C@@H]2[C@H](O)C1O.ClCc1ccc2c(c1)OCO2.O=C(SCCOCCOCCO)c1ccccc1.OCCOCCOCCCl.OCc1ccc2c(c1)OCO2. The lowest BCUT2D eigenvalue weighted by Crippen LogP contribution is -2.60. The van der Waals surface area contributed by atoms with Crippen molar-refractivity contribution in [2.75, 3.05) is 136 Å². The van der Waals surface area contributed by atoms with E-state index in [2.05, 4.69) is 54.1 Å². The Morgan fingerprint density at radius 2 is 0.879 bits per heavy atom. The van der Waals surface area contributed by atoms with Crippen LogP contribution in [0.15, 0.2) is 127 Å². The lowest BCUT2D eigenvalue weighted by atomic mass is 9.79. The predicted octanol–water partition coefficient (Wildman–Crippen LogP) is 10.8. The first-order valence-corrected chi connectivity index (χ1v) is 46.0. The molecule has 5 aromatic carbocycles. The van der Waals surface area contributed by atoms with Gasteiger partial charge in [0.05, 0.1) is 105 Å². The van der Waals surface area contributed by atoms with Crippen molar-refractivity contribution in [2.24, 2.45) is 29.6 Å². The van der Waals surface area contributed by atoms with Crippen molar-refractivity contribution >= 4 is 87.1 Å². The maximum absolute atomic E-state index is 11.7. The van der Waals surface area contributed by atoms with E-state index < -0.39 is 59.9 Å². The van der Waals surface area contributed by atoms with E-state index in [0.717, 1.165) is 57.6 Å². The standard InChI is InChI=1S/C16H22O3S.C14H18O5S.C13H18O4S.C11H22OS.C8H7ClO2.C8H8O3.C7H14O5S.C6H13ClO3/c1-10-11(2)16(20-3)18-13-9-17-15(19-14(10)13)12-7-5-4-6-8-12;1-20-14-11(16)10(15)12-9(18-14)7-17-13(19-12)8-5-3-2-4-6-8;14-6-7-16-8-9-17-10-11-18-13(15)12-4-2-1-3-5-12;1-6-10-8(3)7(2)9(4)11(12-10)13-5;2*9-4-6-1-2-7-8(3-6)11-5-10-7;1-13-7-6(11)5(10)4(9)3(2-8)12-7;7-1-3-9-5-6-10-4-2-8/h4-8,10-11,13-16H,9H2,1-3H3;2-6,9-16H,7H2,1H3;1-5,14H,6-11H2;7-11H,6H2,1-5H3;1-3H,4-5H2;1-3,9H,4-5H2;3-11H,2H2,1H3;8H,1-6H2/t10-,11?,13?,14-,15?,16+;9?,10-,11?,12+,13?,14+;;7-,8+,9?,10?,11-;;;3?,4-,5-,6?,7-;/m11.0..0./s1. The third kappa shape index (κ3) is 32.6. The number of carbonyl (C=O) groups is 1. The molecule has 0 aromatic heterocycles. The molecule has 0 bridgehead atoms. The minimum Gasteiger partial charge on any atom is -0.454 e. The quantitative estimate of drug-likeness (QED) is 0.0183. The summed E-state index contributed by atoms with van der Waals surface area (Å²) >= 11 is 18.4. The van der Waals surface area contributed by atoms with E-state index in [1.807, 2.05) is 121 Å². The monoisotopic (exact) mass is 1760 g/mol. The lowest BCUT2D eigenvalue weighted by molar-refractivity contribution is -0.318. The van der Waals surface area contributed by atoms with Crippen LogP contribution in [0.1, 0.15) is 93.2 Å². The summed E-state index contributed by atoms with van der Waals surface area (Å²) in [5, 5.41) is 82.7. The van der Waals surface area contributed by atoms with Crippen molar-refractivity contribution in [3.63, 3.8) is 0 Å². The van der Waals surface area contributed by atoms with Crippen LogP contribution >= 0.6 is 82.0 Å². The third-order valence-electron chi connectivity index (χ3n) is 19.9. The van der Waals surface area contributed by atoms with Gasteiger partial charge in [-0.3, -0.25) is 4.79 Å². The Morgan fingerprint density at radius 3 is 1.38 bits per heavy atom. The third-order valence-corrected chi connectivity index (χ3v) is 25.0. The maximum atomic E-state index is 11.7. The number of rotatable bonds is 26. The van der Waals surface area contributed by atoms with Crippen molar-refractivity contribution < 1.29 is 127 Å². The fourth-order valence-electron chi connectivity index (χ4n) is 12.8. The Labute approximate surface area is 714 Å². The van der Waals surface area contributed by atoms with Gasteiger partial charge >= 0.3 is 0 Å². The minimum atomic E-state index is -1.26. The van der Waals surface area contributed by atoms with E-state index in [1.165, 1.54) is 35.3 Å². The summed E-state index contributed by atoms with van der Waals surface area (Å²) in [6, 6.07) is 40.0. The number of carbonyl (C=O) groups excluding carboxylic acids is 1. The zero-order valence-electron chi connectivity index (χ0n) is 67.7. The van der Waals surface area contributed by atoms with Crippen LogP contribution in [-0.4, -0.2) is 276 Å². The van der Waals surface area contributed by atoms with Crippen molar-refractivity contribution in [1.82, 2.24) is 0 Å². The number of fused-ring (bicyclic) bond motifs is 4. The summed E-state index contributed by atoms with van der Waals surface area (Å²) in [7, 11) is 0. The zero-order chi connectivity index (χ0) is 84.3. The van der Waals surface area contributed by atoms with Gasteiger partial charge in [-0.15, -0.1) is 70.2 Å². The molecule has 8 heterocycles. The van der Waals surface area contributed by atoms with E-state index in [0.29, 0.717) is 131 Å². The first-order valence-electron chi connectivity index (χ1n) is 38.8. The largest absolute Gasteiger partial charge is 0.454 e. The van der Waals surface area contributed by atoms with Gasteiger partial charge in [0, 0.05) is 34.2 Å². The zero-order valence-corrected chi connectivity index (χ0v) is 73.3. The molecule has 0 saturated carbocycles. The van der Waals surface area contributed by atoms with Crippen LogP contribution in [-0.2, 0) is 69.3 Å². The fraction of sp³-hybridized carbons (Fsp3) is 0.627. The molecule has 9 N–H and O–H groups in total. The highest BCUT2D eigenvalue weighted by atomic mass is 35.5. The number of hydrogen-bond acceptors (Lipinski definition) is 31. The predicted molar refractivity (Wildman–Crippen MR) is 454 cm³/mol. The highest BCUT2D eigenvalue weighted by Gasteiger charge is 2.50. The number of aliphatic hydroxyl groups is 9. The second-order valence-electron chi connectivity index (χ2n) is 27.6. The molecule has 5 aromatic rings. The number of alkyl halides is 2. The Balaban J connectivity index is 0.000000209. The molecule has 0 spiro atoms. The highest BCUT2D eigenvalue weighted by Crippen LogP contribution is 2.44. The van der Waals surface area contributed by atoms with Gasteiger partial charge in [0.1, 0.15) is 76.7 Å². The second kappa shape index (κ2) is 57.0. The van der Waals surface area contributed by atoms with Crippen LogP contribution in [0, 0.1) is 29.6 Å². The summed E-state index contributed by atoms with van der Waals surface area (Å²) in [6.45, 7) is 18.9. The molecule has 0 radical (unpaired) electrons. The number of halogens is 2. The Kier molecular flexibility index (Phi) is 49.8. The lowest BCUT2D eigenvalue weighted by Gasteiger charge is -2.47. The van der Waals surface area contributed by atoms with Crippen LogP contribution in [0.3, 0.4) is 0 Å². The average molecular weight is 1770 g/mol. The number of thioether (sulfide) groups is 5. The average Bonchev–Trinajstić information content (AvgIpc) is 1.03. The summed E-state index contributed by atoms with van der Waals surface area (Å²) in [5.41, 5.74) is 4.18. The van der Waals surface area contributed by atoms with Crippen molar-refractivity contribution in [2.45, 2.75) is 162 Å². The molecule has 654 valence electrons. The number of benzene rings is 5. The summed E-state index contributed by atoms with van der Waals surface area (Å²) < 4.78 is 87.2. The van der Waals surface area contributed by atoms with Gasteiger partial charge < -0.3 is 122 Å². The molecule has 0 aliphatic carbocycles. The Hall–Kier alpha value is -3.54. The minimum absolute atomic E-state index is 0.0292. The van der Waals surface area contributed by atoms with Gasteiger partial charge in [0.2, 0.25) is 18.7 Å². The summed E-state index contributed by atoms with van der Waals surface area (Å²) in [4.78, 5) is 11.7. The highest BCUT2D eigenvalue weighted by molar-refractivity contribution is 8.14. The van der Waals surface area contributed by atoms with Crippen LogP contribution in [0.5, 0.6) is 23.0 Å². The van der Waals surface area contributed by atoms with Crippen LogP contribution < -0.4 is 18.9 Å². The van der Waals surface area contributed by atoms with Crippen LogP contribution in [0.2, 0.25) is 0 Å². The maximum Gasteiger partial charge on any atom is 0.231 e. The second-order valence-corrected chi connectivity index (χ2v) is 33.0. The summed E-state index contributed by atoms with van der Waals surface area (Å²) in [5.74, 6) is 7.87. The van der Waals surface area contributed by atoms with Crippen LogP contribution in [0.25, 0.3) is 0 Å². The first-order chi connectivity index (χ1) is 56.2. The van der Waals surface area contributed by atoms with Crippen molar-refractivity contribution in [3.05, 3.63) is 155 Å². The fourth-order valence-corrected chi connectivity index (χ4v) is 17.0. The molecular formula is C83H122Cl2O26S5. The Morgan fingerprint density at radius 1 is 0.440 bits per heavy atom. The number of aliphatic hydroxyl groups excluding tert-OH is 9. The van der Waals surface area contributed by atoms with Gasteiger partial charge in [-0.05, 0) is 96.4 Å². The van der Waals surface area contributed by atoms with Gasteiger partial charge in [0.25, 0.3) is 0 Å². The van der Waals surface area contributed by atoms with Crippen LogP contribution in [0.4, 0.5) is 0 Å². The van der Waals surface area contributed by atoms with Gasteiger partial charge in [0.15, 0.2) is 35.6 Å². The molecule has 6 fully saturated rings. The van der Waals surface area contributed by atoms with Crippen molar-refractivity contribution in [3.8, 4) is 23.0 Å². The first kappa shape index (κ1) is 101. The Bertz CT molecular complexity index is 3180.